The average Bonchev–Trinajstić information content (AvgIpc) is 2.97. The minimum Gasteiger partial charge on any atom is -0.497 e. The van der Waals surface area contributed by atoms with Gasteiger partial charge in [-0.25, -0.2) is 0 Å². The third-order valence-electron chi connectivity index (χ3n) is 4.02. The molecule has 0 radical (unpaired) electrons. The molecule has 1 amide bonds. The number of fused-ring (bicyclic) bond motifs is 1. The van der Waals surface area contributed by atoms with Crippen molar-refractivity contribution in [2.45, 2.75) is 26.3 Å². The van der Waals surface area contributed by atoms with Crippen LogP contribution in [-0.2, 0) is 11.2 Å². The van der Waals surface area contributed by atoms with Crippen LogP contribution in [0.3, 0.4) is 0 Å². The van der Waals surface area contributed by atoms with Crippen LogP contribution < -0.4 is 10.1 Å². The Morgan fingerprint density at radius 3 is 2.71 bits per heavy atom. The van der Waals surface area contributed by atoms with Crippen LogP contribution in [0.5, 0.6) is 5.75 Å². The van der Waals surface area contributed by atoms with Crippen molar-refractivity contribution < 1.29 is 14.1 Å². The molecule has 0 spiro atoms. The summed E-state index contributed by atoms with van der Waals surface area (Å²) in [6.07, 6.45) is 0.191. The third kappa shape index (κ3) is 3.40. The molecule has 1 N–H and O–H groups in total. The first-order chi connectivity index (χ1) is 11.6. The molecular weight excluding hydrogens is 304 g/mol. The van der Waals surface area contributed by atoms with E-state index in [1.54, 1.807) is 7.11 Å². The van der Waals surface area contributed by atoms with E-state index >= 15 is 0 Å². The van der Waals surface area contributed by atoms with Gasteiger partial charge in [0.25, 0.3) is 0 Å². The number of ether oxygens (including phenoxy) is 1. The molecule has 0 saturated carbocycles. The van der Waals surface area contributed by atoms with E-state index in [1.165, 1.54) is 0 Å². The van der Waals surface area contributed by atoms with E-state index < -0.39 is 0 Å². The average molecular weight is 324 g/mol. The Kier molecular flexibility index (Phi) is 4.51. The number of amides is 1. The van der Waals surface area contributed by atoms with Gasteiger partial charge in [0.2, 0.25) is 5.91 Å². The lowest BCUT2D eigenvalue weighted by atomic mass is 10.1. The predicted molar refractivity (Wildman–Crippen MR) is 92.0 cm³/mol. The lowest BCUT2D eigenvalue weighted by Gasteiger charge is -2.14. The summed E-state index contributed by atoms with van der Waals surface area (Å²) in [6, 6.07) is 13.4. The van der Waals surface area contributed by atoms with Crippen LogP contribution in [-0.4, -0.2) is 18.2 Å². The van der Waals surface area contributed by atoms with Gasteiger partial charge < -0.3 is 14.6 Å². The number of nitrogens with zero attached hydrogens (tertiary/aromatic N) is 1. The Morgan fingerprint density at radius 2 is 2.00 bits per heavy atom. The van der Waals surface area contributed by atoms with Gasteiger partial charge in [-0.1, -0.05) is 28.9 Å². The standard InChI is InChI=1S/C19H20N2O3/c1-12-4-9-18-16(10-12)17(21-24-18)11-19(22)20-13(2)14-5-7-15(23-3)8-6-14/h4-10,13H,11H2,1-3H3,(H,20,22). The van der Waals surface area contributed by atoms with Crippen LogP contribution in [0.2, 0.25) is 0 Å². The fourth-order valence-corrected chi connectivity index (χ4v) is 2.65. The summed E-state index contributed by atoms with van der Waals surface area (Å²) in [4.78, 5) is 12.3. The molecule has 1 unspecified atom stereocenters. The SMILES string of the molecule is COc1ccc(C(C)NC(=O)Cc2noc3ccc(C)cc23)cc1. The van der Waals surface area contributed by atoms with Crippen molar-refractivity contribution in [1.82, 2.24) is 10.5 Å². The Labute approximate surface area is 140 Å². The molecular formula is C19H20N2O3. The zero-order chi connectivity index (χ0) is 17.1. The highest BCUT2D eigenvalue weighted by Crippen LogP contribution is 2.21. The van der Waals surface area contributed by atoms with Crippen LogP contribution in [0.4, 0.5) is 0 Å². The normalized spacial score (nSPS) is 12.1. The molecule has 0 aliphatic heterocycles. The molecule has 3 rings (SSSR count). The fourth-order valence-electron chi connectivity index (χ4n) is 2.65. The number of aromatic nitrogens is 1. The molecule has 0 saturated heterocycles. The van der Waals surface area contributed by atoms with Crippen LogP contribution >= 0.6 is 0 Å². The number of rotatable bonds is 5. The Balaban J connectivity index is 1.68. The van der Waals surface area contributed by atoms with E-state index in [-0.39, 0.29) is 18.4 Å². The number of aryl methyl sites for hydroxylation is 1. The number of hydrogen-bond donors (Lipinski definition) is 1. The van der Waals surface area contributed by atoms with Crippen molar-refractivity contribution in [3.05, 3.63) is 59.3 Å². The molecule has 1 heterocycles. The summed E-state index contributed by atoms with van der Waals surface area (Å²) in [5, 5.41) is 7.91. The maximum atomic E-state index is 12.3. The van der Waals surface area contributed by atoms with Gasteiger partial charge >= 0.3 is 0 Å². The van der Waals surface area contributed by atoms with Crippen molar-refractivity contribution in [3.8, 4) is 5.75 Å². The molecule has 2 aromatic carbocycles. The van der Waals surface area contributed by atoms with Crippen molar-refractivity contribution >= 4 is 16.9 Å². The van der Waals surface area contributed by atoms with Crippen LogP contribution in [0.1, 0.15) is 29.8 Å². The highest BCUT2D eigenvalue weighted by atomic mass is 16.5. The first-order valence-electron chi connectivity index (χ1n) is 7.85. The number of carbonyl (C=O) groups is 1. The van der Waals surface area contributed by atoms with Crippen molar-refractivity contribution in [1.29, 1.82) is 0 Å². The van der Waals surface area contributed by atoms with Gasteiger partial charge in [0.05, 0.1) is 19.6 Å². The molecule has 3 aromatic rings. The Morgan fingerprint density at radius 1 is 1.25 bits per heavy atom. The smallest absolute Gasteiger partial charge is 0.226 e. The van der Waals surface area contributed by atoms with E-state index in [9.17, 15) is 4.79 Å². The molecule has 124 valence electrons. The Hall–Kier alpha value is -2.82. The molecule has 24 heavy (non-hydrogen) atoms. The second kappa shape index (κ2) is 6.74. The van der Waals surface area contributed by atoms with E-state index in [2.05, 4.69) is 10.5 Å². The molecule has 5 heteroatoms. The van der Waals surface area contributed by atoms with Crippen LogP contribution in [0, 0.1) is 6.92 Å². The second-order valence-electron chi connectivity index (χ2n) is 5.87. The highest BCUT2D eigenvalue weighted by molar-refractivity contribution is 5.86. The van der Waals surface area contributed by atoms with E-state index in [0.29, 0.717) is 11.3 Å². The molecule has 0 fully saturated rings. The van der Waals surface area contributed by atoms with Gasteiger partial charge in [-0.15, -0.1) is 0 Å². The molecule has 0 aliphatic carbocycles. The topological polar surface area (TPSA) is 64.4 Å². The molecule has 1 aromatic heterocycles. The zero-order valence-corrected chi connectivity index (χ0v) is 14.0. The summed E-state index contributed by atoms with van der Waals surface area (Å²) < 4.78 is 10.4. The number of nitrogens with one attached hydrogen (secondary N) is 1. The van der Waals surface area contributed by atoms with Crippen LogP contribution in [0.15, 0.2) is 47.0 Å². The largest absolute Gasteiger partial charge is 0.497 e. The van der Waals surface area contributed by atoms with E-state index in [4.69, 9.17) is 9.26 Å². The maximum Gasteiger partial charge on any atom is 0.226 e. The van der Waals surface area contributed by atoms with Gasteiger partial charge in [0.1, 0.15) is 11.4 Å². The lowest BCUT2D eigenvalue weighted by molar-refractivity contribution is -0.121. The summed E-state index contributed by atoms with van der Waals surface area (Å²) in [5.41, 5.74) is 3.49. The quantitative estimate of drug-likeness (QED) is 0.779. The maximum absolute atomic E-state index is 12.3. The number of hydrogen-bond acceptors (Lipinski definition) is 4. The van der Waals surface area contributed by atoms with Crippen molar-refractivity contribution in [3.63, 3.8) is 0 Å². The molecule has 1 atom stereocenters. The summed E-state index contributed by atoms with van der Waals surface area (Å²) in [7, 11) is 1.63. The van der Waals surface area contributed by atoms with E-state index in [1.807, 2.05) is 56.3 Å². The van der Waals surface area contributed by atoms with Gasteiger partial charge in [0.15, 0.2) is 5.58 Å². The summed E-state index contributed by atoms with van der Waals surface area (Å²) in [6.45, 7) is 3.95. The zero-order valence-electron chi connectivity index (χ0n) is 14.0. The minimum absolute atomic E-state index is 0.0879. The van der Waals surface area contributed by atoms with E-state index in [0.717, 1.165) is 22.3 Å². The van der Waals surface area contributed by atoms with Gasteiger partial charge in [-0.2, -0.15) is 0 Å². The number of carbonyl (C=O) groups excluding carboxylic acids is 1. The lowest BCUT2D eigenvalue weighted by Crippen LogP contribution is -2.28. The fraction of sp³-hybridized carbons (Fsp3) is 0.263. The first-order valence-corrected chi connectivity index (χ1v) is 7.85. The van der Waals surface area contributed by atoms with Gasteiger partial charge in [0, 0.05) is 5.39 Å². The number of benzene rings is 2. The first kappa shape index (κ1) is 16.1. The second-order valence-corrected chi connectivity index (χ2v) is 5.87. The monoisotopic (exact) mass is 324 g/mol. The predicted octanol–water partition coefficient (Wildman–Crippen LogP) is 3.56. The molecule has 0 bridgehead atoms. The highest BCUT2D eigenvalue weighted by Gasteiger charge is 2.15. The molecule has 5 nitrogen and oxygen atoms in total. The van der Waals surface area contributed by atoms with Gasteiger partial charge in [-0.05, 0) is 43.7 Å². The Bertz CT molecular complexity index is 853. The number of methoxy groups -OCH3 is 1. The van der Waals surface area contributed by atoms with Crippen molar-refractivity contribution in [2.75, 3.05) is 7.11 Å². The minimum atomic E-state index is -0.0942. The summed E-state index contributed by atoms with van der Waals surface area (Å²) in [5.74, 6) is 0.705. The summed E-state index contributed by atoms with van der Waals surface area (Å²) >= 11 is 0. The van der Waals surface area contributed by atoms with Crippen molar-refractivity contribution in [2.24, 2.45) is 0 Å². The van der Waals surface area contributed by atoms with Gasteiger partial charge in [-0.3, -0.25) is 4.79 Å². The van der Waals surface area contributed by atoms with Crippen LogP contribution in [0.25, 0.3) is 11.0 Å². The third-order valence-corrected chi connectivity index (χ3v) is 4.02. The molecule has 0 aliphatic rings.